The number of nitrogens with zero attached hydrogens (tertiary/aromatic N) is 2. The van der Waals surface area contributed by atoms with E-state index in [2.05, 4.69) is 9.97 Å². The Morgan fingerprint density at radius 1 is 1.47 bits per heavy atom. The Labute approximate surface area is 124 Å². The summed E-state index contributed by atoms with van der Waals surface area (Å²) in [4.78, 5) is 19.8. The molecule has 2 aromatic rings. The monoisotopic (exact) mass is 316 g/mol. The van der Waals surface area contributed by atoms with Crippen molar-refractivity contribution in [1.82, 2.24) is 9.97 Å². The lowest BCUT2D eigenvalue weighted by Gasteiger charge is -2.00. The van der Waals surface area contributed by atoms with Gasteiger partial charge < -0.3 is 4.74 Å². The second-order valence-electron chi connectivity index (χ2n) is 3.61. The molecule has 100 valence electrons. The third kappa shape index (κ3) is 3.65. The highest BCUT2D eigenvalue weighted by atomic mass is 35.5. The Kier molecular flexibility index (Phi) is 4.74. The minimum Gasteiger partial charge on any atom is -0.466 e. The van der Waals surface area contributed by atoms with Crippen LogP contribution < -0.4 is 0 Å². The van der Waals surface area contributed by atoms with Gasteiger partial charge in [-0.1, -0.05) is 23.2 Å². The molecular formula is C12H10Cl2N2O2S. The van der Waals surface area contributed by atoms with E-state index in [0.717, 1.165) is 0 Å². The number of carbonyl (C=O) groups excluding carboxylic acids is 1. The van der Waals surface area contributed by atoms with Gasteiger partial charge in [0.05, 0.1) is 28.8 Å². The van der Waals surface area contributed by atoms with Gasteiger partial charge in [0, 0.05) is 11.6 Å². The standard InChI is InChI=1S/C12H10Cl2N2O2S/c1-2-18-10(17)4-8-6-19-12(16-8)11-9(14)3-7(13)5-15-11/h3,5-6H,2,4H2,1H3. The van der Waals surface area contributed by atoms with Crippen LogP contribution in [0.4, 0.5) is 0 Å². The maximum absolute atomic E-state index is 11.4. The van der Waals surface area contributed by atoms with Crippen LogP contribution in [0.15, 0.2) is 17.6 Å². The summed E-state index contributed by atoms with van der Waals surface area (Å²) < 4.78 is 4.87. The molecule has 19 heavy (non-hydrogen) atoms. The maximum atomic E-state index is 11.4. The van der Waals surface area contributed by atoms with Gasteiger partial charge in [0.15, 0.2) is 0 Å². The molecule has 0 aromatic carbocycles. The maximum Gasteiger partial charge on any atom is 0.311 e. The molecule has 0 aliphatic heterocycles. The average Bonchev–Trinajstić information content (AvgIpc) is 2.77. The molecule has 2 aromatic heterocycles. The zero-order chi connectivity index (χ0) is 13.8. The lowest BCUT2D eigenvalue weighted by Crippen LogP contribution is -2.07. The molecule has 7 heteroatoms. The molecule has 0 unspecified atom stereocenters. The van der Waals surface area contributed by atoms with Crippen LogP contribution in [0.5, 0.6) is 0 Å². The molecule has 0 fully saturated rings. The summed E-state index contributed by atoms with van der Waals surface area (Å²) in [6, 6.07) is 1.61. The van der Waals surface area contributed by atoms with Crippen LogP contribution in [0.2, 0.25) is 10.0 Å². The molecule has 0 N–H and O–H groups in total. The number of halogens is 2. The summed E-state index contributed by atoms with van der Waals surface area (Å²) in [7, 11) is 0. The van der Waals surface area contributed by atoms with Crippen molar-refractivity contribution in [3.05, 3.63) is 33.4 Å². The lowest BCUT2D eigenvalue weighted by atomic mass is 10.3. The fourth-order valence-corrected chi connectivity index (χ4v) is 2.78. The SMILES string of the molecule is CCOC(=O)Cc1csc(-c2ncc(Cl)cc2Cl)n1. The molecule has 0 atom stereocenters. The fraction of sp³-hybridized carbons (Fsp3) is 0.250. The summed E-state index contributed by atoms with van der Waals surface area (Å²) in [5, 5.41) is 3.35. The first-order valence-corrected chi connectivity index (χ1v) is 7.15. The fourth-order valence-electron chi connectivity index (χ4n) is 1.43. The number of rotatable bonds is 4. The summed E-state index contributed by atoms with van der Waals surface area (Å²) in [6.07, 6.45) is 1.66. The molecular weight excluding hydrogens is 307 g/mol. The van der Waals surface area contributed by atoms with Gasteiger partial charge in [0.25, 0.3) is 0 Å². The van der Waals surface area contributed by atoms with Crippen LogP contribution in [-0.2, 0) is 16.0 Å². The van der Waals surface area contributed by atoms with Crippen molar-refractivity contribution in [2.24, 2.45) is 0 Å². The number of hydrogen-bond acceptors (Lipinski definition) is 5. The molecule has 0 saturated carbocycles. The van der Waals surface area contributed by atoms with Gasteiger partial charge in [-0.05, 0) is 13.0 Å². The summed E-state index contributed by atoms with van der Waals surface area (Å²) in [5.41, 5.74) is 1.21. The van der Waals surface area contributed by atoms with Gasteiger partial charge in [0.1, 0.15) is 10.7 Å². The highest BCUT2D eigenvalue weighted by Crippen LogP contribution is 2.30. The van der Waals surface area contributed by atoms with Crippen molar-refractivity contribution in [3.63, 3.8) is 0 Å². The smallest absolute Gasteiger partial charge is 0.311 e. The van der Waals surface area contributed by atoms with Gasteiger partial charge in [-0.25, -0.2) is 4.98 Å². The van der Waals surface area contributed by atoms with E-state index in [1.54, 1.807) is 18.4 Å². The summed E-state index contributed by atoms with van der Waals surface area (Å²) in [6.45, 7) is 2.13. The van der Waals surface area contributed by atoms with E-state index < -0.39 is 0 Å². The van der Waals surface area contributed by atoms with E-state index in [-0.39, 0.29) is 12.4 Å². The second-order valence-corrected chi connectivity index (χ2v) is 5.31. The molecule has 0 aliphatic carbocycles. The molecule has 4 nitrogen and oxygen atoms in total. The summed E-state index contributed by atoms with van der Waals surface area (Å²) in [5.74, 6) is -0.297. The first-order chi connectivity index (χ1) is 9.10. The van der Waals surface area contributed by atoms with E-state index in [4.69, 9.17) is 27.9 Å². The van der Waals surface area contributed by atoms with Crippen molar-refractivity contribution in [2.75, 3.05) is 6.61 Å². The summed E-state index contributed by atoms with van der Waals surface area (Å²) >= 11 is 13.2. The number of esters is 1. The highest BCUT2D eigenvalue weighted by Gasteiger charge is 2.13. The minimum absolute atomic E-state index is 0.148. The molecule has 0 saturated heterocycles. The van der Waals surface area contributed by atoms with Crippen molar-refractivity contribution in [3.8, 4) is 10.7 Å². The van der Waals surface area contributed by atoms with Gasteiger partial charge in [-0.3, -0.25) is 9.78 Å². The Morgan fingerprint density at radius 2 is 2.26 bits per heavy atom. The largest absolute Gasteiger partial charge is 0.466 e. The van der Waals surface area contributed by atoms with Crippen molar-refractivity contribution in [2.45, 2.75) is 13.3 Å². The van der Waals surface area contributed by atoms with Crippen molar-refractivity contribution < 1.29 is 9.53 Å². The first-order valence-electron chi connectivity index (χ1n) is 5.51. The Balaban J connectivity index is 2.18. The zero-order valence-electron chi connectivity index (χ0n) is 10.0. The molecule has 0 radical (unpaired) electrons. The second kappa shape index (κ2) is 6.32. The number of ether oxygens (including phenoxy) is 1. The Hall–Kier alpha value is -1.17. The number of hydrogen-bond donors (Lipinski definition) is 0. The normalized spacial score (nSPS) is 10.5. The van der Waals surface area contributed by atoms with Crippen LogP contribution >= 0.6 is 34.5 Å². The molecule has 0 bridgehead atoms. The van der Waals surface area contributed by atoms with E-state index in [0.29, 0.717) is 33.0 Å². The van der Waals surface area contributed by atoms with Crippen molar-refractivity contribution >= 4 is 40.5 Å². The molecule has 0 amide bonds. The highest BCUT2D eigenvalue weighted by molar-refractivity contribution is 7.13. The number of aromatic nitrogens is 2. The number of pyridine rings is 1. The third-order valence-electron chi connectivity index (χ3n) is 2.19. The van der Waals surface area contributed by atoms with Gasteiger partial charge in [-0.2, -0.15) is 0 Å². The molecule has 0 spiro atoms. The van der Waals surface area contributed by atoms with Crippen LogP contribution in [0.1, 0.15) is 12.6 Å². The molecule has 0 aliphatic rings. The quantitative estimate of drug-likeness (QED) is 0.808. The molecule has 2 rings (SSSR count). The van der Waals surface area contributed by atoms with Crippen LogP contribution in [0.3, 0.4) is 0 Å². The topological polar surface area (TPSA) is 52.1 Å². The Bertz CT molecular complexity index is 601. The Morgan fingerprint density at radius 3 is 2.95 bits per heavy atom. The molecule has 2 heterocycles. The van der Waals surface area contributed by atoms with Gasteiger partial charge in [0.2, 0.25) is 0 Å². The van der Waals surface area contributed by atoms with Gasteiger partial charge >= 0.3 is 5.97 Å². The lowest BCUT2D eigenvalue weighted by molar-refractivity contribution is -0.142. The van der Waals surface area contributed by atoms with Crippen LogP contribution in [0, 0.1) is 0 Å². The van der Waals surface area contributed by atoms with Gasteiger partial charge in [-0.15, -0.1) is 11.3 Å². The number of carbonyl (C=O) groups is 1. The van der Waals surface area contributed by atoms with E-state index in [1.165, 1.54) is 17.5 Å². The van der Waals surface area contributed by atoms with Crippen LogP contribution in [-0.4, -0.2) is 22.5 Å². The van der Waals surface area contributed by atoms with E-state index in [9.17, 15) is 4.79 Å². The minimum atomic E-state index is -0.297. The zero-order valence-corrected chi connectivity index (χ0v) is 12.3. The first kappa shape index (κ1) is 14.2. The predicted molar refractivity (Wildman–Crippen MR) is 75.7 cm³/mol. The third-order valence-corrected chi connectivity index (χ3v) is 3.59. The van der Waals surface area contributed by atoms with E-state index >= 15 is 0 Å². The predicted octanol–water partition coefficient (Wildman–Crippen LogP) is 3.62. The average molecular weight is 317 g/mol. The van der Waals surface area contributed by atoms with E-state index in [1.807, 2.05) is 0 Å². The van der Waals surface area contributed by atoms with Crippen molar-refractivity contribution in [1.29, 1.82) is 0 Å². The van der Waals surface area contributed by atoms with Crippen LogP contribution in [0.25, 0.3) is 10.7 Å². The number of thiazole rings is 1.